The molecule has 34 heavy (non-hydrogen) atoms. The summed E-state index contributed by atoms with van der Waals surface area (Å²) < 4.78 is 0. The van der Waals surface area contributed by atoms with Gasteiger partial charge in [0, 0.05) is 32.0 Å². The minimum atomic E-state index is -0.680. The fourth-order valence-electron chi connectivity index (χ4n) is 3.28. The fourth-order valence-corrected chi connectivity index (χ4v) is 4.19. The number of carbonyl (C=O) groups is 3. The lowest BCUT2D eigenvalue weighted by Gasteiger charge is -2.16. The maximum atomic E-state index is 13.0. The van der Waals surface area contributed by atoms with Crippen LogP contribution in [0.2, 0.25) is 15.1 Å². The number of nitrogens with zero attached hydrogens (tertiary/aromatic N) is 1. The Morgan fingerprint density at radius 3 is 2.21 bits per heavy atom. The number of hydrogen-bond donors (Lipinski definition) is 2. The molecular weight excluding hydrogens is 520 g/mol. The van der Waals surface area contributed by atoms with Gasteiger partial charge >= 0.3 is 0 Å². The molecule has 6 nitrogen and oxygen atoms in total. The third-order valence-electron chi connectivity index (χ3n) is 4.96. The molecule has 1 heterocycles. The first-order valence-corrected chi connectivity index (χ1v) is 11.3. The van der Waals surface area contributed by atoms with Crippen LogP contribution in [0, 0.1) is 6.92 Å². The van der Waals surface area contributed by atoms with Crippen LogP contribution in [0.3, 0.4) is 0 Å². The zero-order valence-corrected chi connectivity index (χ0v) is 20.5. The molecule has 2 N–H and O–H groups in total. The third-order valence-corrected chi connectivity index (χ3v) is 6.15. The van der Waals surface area contributed by atoms with Crippen molar-refractivity contribution in [2.45, 2.75) is 6.92 Å². The summed E-state index contributed by atoms with van der Waals surface area (Å²) in [5, 5.41) is 6.46. The number of anilines is 3. The van der Waals surface area contributed by atoms with Crippen molar-refractivity contribution < 1.29 is 14.4 Å². The Kier molecular flexibility index (Phi) is 6.86. The average molecular weight is 535 g/mol. The van der Waals surface area contributed by atoms with E-state index in [1.165, 1.54) is 12.1 Å². The first kappa shape index (κ1) is 24.1. The van der Waals surface area contributed by atoms with Gasteiger partial charge in [-0.1, -0.05) is 58.5 Å². The summed E-state index contributed by atoms with van der Waals surface area (Å²) in [7, 11) is 0. The van der Waals surface area contributed by atoms with Crippen molar-refractivity contribution in [2.75, 3.05) is 15.5 Å². The van der Waals surface area contributed by atoms with Gasteiger partial charge in [0.15, 0.2) is 0 Å². The zero-order valence-electron chi connectivity index (χ0n) is 17.5. The van der Waals surface area contributed by atoms with Crippen molar-refractivity contribution in [2.24, 2.45) is 0 Å². The number of aryl methyl sites for hydroxylation is 1. The van der Waals surface area contributed by atoms with Crippen LogP contribution in [0.4, 0.5) is 17.1 Å². The number of nitrogens with one attached hydrogen (secondary N) is 2. The molecule has 1 aliphatic rings. The molecule has 0 unspecified atom stereocenters. The molecule has 3 aromatic rings. The Balaban J connectivity index is 1.55. The number of hydrogen-bond acceptors (Lipinski definition) is 4. The topological polar surface area (TPSA) is 78.5 Å². The number of amides is 3. The minimum Gasteiger partial charge on any atom is -0.350 e. The summed E-state index contributed by atoms with van der Waals surface area (Å²) in [6, 6.07) is 15.9. The van der Waals surface area contributed by atoms with Gasteiger partial charge in [-0.25, -0.2) is 4.90 Å². The van der Waals surface area contributed by atoms with E-state index in [4.69, 9.17) is 46.4 Å². The van der Waals surface area contributed by atoms with Gasteiger partial charge in [0.1, 0.15) is 10.7 Å². The molecule has 0 spiro atoms. The van der Waals surface area contributed by atoms with E-state index in [9.17, 15) is 14.4 Å². The zero-order chi connectivity index (χ0) is 24.6. The molecule has 3 aromatic carbocycles. The van der Waals surface area contributed by atoms with E-state index in [-0.39, 0.29) is 16.3 Å². The summed E-state index contributed by atoms with van der Waals surface area (Å²) >= 11 is 24.3. The van der Waals surface area contributed by atoms with Crippen LogP contribution in [0.25, 0.3) is 0 Å². The number of benzene rings is 3. The van der Waals surface area contributed by atoms with E-state index < -0.39 is 17.7 Å². The largest absolute Gasteiger partial charge is 0.350 e. The van der Waals surface area contributed by atoms with E-state index in [0.717, 1.165) is 10.5 Å². The van der Waals surface area contributed by atoms with Gasteiger partial charge in [0.25, 0.3) is 17.7 Å². The Bertz CT molecular complexity index is 1370. The molecule has 0 atom stereocenters. The summed E-state index contributed by atoms with van der Waals surface area (Å²) in [4.78, 5) is 39.3. The molecule has 3 amide bonds. The number of rotatable bonds is 5. The first-order chi connectivity index (χ1) is 16.1. The van der Waals surface area contributed by atoms with E-state index in [2.05, 4.69) is 10.6 Å². The summed E-state index contributed by atoms with van der Waals surface area (Å²) in [5.74, 6) is -1.74. The highest BCUT2D eigenvalue weighted by Crippen LogP contribution is 2.32. The van der Waals surface area contributed by atoms with Crippen LogP contribution in [0.15, 0.2) is 71.4 Å². The predicted octanol–water partition coefficient (Wildman–Crippen LogP) is 6.64. The van der Waals surface area contributed by atoms with Crippen LogP contribution >= 0.6 is 46.4 Å². The summed E-state index contributed by atoms with van der Waals surface area (Å²) in [6.45, 7) is 1.81. The van der Waals surface area contributed by atoms with Gasteiger partial charge in [-0.05, 0) is 61.0 Å². The van der Waals surface area contributed by atoms with Gasteiger partial charge in [-0.15, -0.1) is 0 Å². The van der Waals surface area contributed by atoms with Gasteiger partial charge in [-0.2, -0.15) is 0 Å². The van der Waals surface area contributed by atoms with Gasteiger partial charge in [0.05, 0.1) is 5.69 Å². The van der Waals surface area contributed by atoms with Crippen LogP contribution in [0.1, 0.15) is 15.9 Å². The van der Waals surface area contributed by atoms with Crippen molar-refractivity contribution in [3.05, 3.63) is 97.6 Å². The second-order valence-electron chi connectivity index (χ2n) is 7.39. The van der Waals surface area contributed by atoms with Crippen LogP contribution in [-0.2, 0) is 9.59 Å². The van der Waals surface area contributed by atoms with Crippen molar-refractivity contribution in [1.29, 1.82) is 0 Å². The molecular formula is C24H15Cl4N3O3. The van der Waals surface area contributed by atoms with Crippen molar-refractivity contribution >= 4 is 81.2 Å². The smallest absolute Gasteiger partial charge is 0.283 e. The van der Waals surface area contributed by atoms with Gasteiger partial charge < -0.3 is 10.6 Å². The fraction of sp³-hybridized carbons (Fsp3) is 0.0417. The SMILES string of the molecule is Cc1ccc(N2C(=O)C(Cl)=C(Nc3cccc(C(=O)Nc4cc(Cl)cc(Cl)c4)c3)C2=O)cc1Cl. The van der Waals surface area contributed by atoms with E-state index in [1.807, 2.05) is 6.92 Å². The molecule has 0 aromatic heterocycles. The lowest BCUT2D eigenvalue weighted by Crippen LogP contribution is -2.32. The van der Waals surface area contributed by atoms with Crippen molar-refractivity contribution in [3.8, 4) is 0 Å². The Morgan fingerprint density at radius 1 is 0.824 bits per heavy atom. The quantitative estimate of drug-likeness (QED) is 0.359. The lowest BCUT2D eigenvalue weighted by molar-refractivity contribution is -0.120. The standard InChI is InChI=1S/C24H15Cl4N3O3/c1-12-5-6-18(11-19(12)27)31-23(33)20(28)21(24(31)34)29-16-4-2-3-13(7-16)22(32)30-17-9-14(25)8-15(26)10-17/h2-11,29H,1H3,(H,30,32). The van der Waals surface area contributed by atoms with Crippen LogP contribution in [0.5, 0.6) is 0 Å². The summed E-state index contributed by atoms with van der Waals surface area (Å²) in [6.07, 6.45) is 0. The molecule has 0 aliphatic carbocycles. The lowest BCUT2D eigenvalue weighted by atomic mass is 10.1. The molecule has 10 heteroatoms. The van der Waals surface area contributed by atoms with Crippen molar-refractivity contribution in [1.82, 2.24) is 0 Å². The number of imide groups is 1. The highest BCUT2D eigenvalue weighted by atomic mass is 35.5. The molecule has 172 valence electrons. The van der Waals surface area contributed by atoms with Gasteiger partial charge in [0.2, 0.25) is 0 Å². The third kappa shape index (κ3) is 4.91. The monoisotopic (exact) mass is 533 g/mol. The predicted molar refractivity (Wildman–Crippen MR) is 136 cm³/mol. The average Bonchev–Trinajstić information content (AvgIpc) is 2.98. The molecule has 0 saturated carbocycles. The second-order valence-corrected chi connectivity index (χ2v) is 9.04. The normalized spacial score (nSPS) is 13.5. The molecule has 0 bridgehead atoms. The summed E-state index contributed by atoms with van der Waals surface area (Å²) in [5.41, 5.74) is 2.09. The van der Waals surface area contributed by atoms with Crippen molar-refractivity contribution in [3.63, 3.8) is 0 Å². The minimum absolute atomic E-state index is 0.109. The highest BCUT2D eigenvalue weighted by molar-refractivity contribution is 6.53. The molecule has 0 fully saturated rings. The maximum Gasteiger partial charge on any atom is 0.283 e. The van der Waals surface area contributed by atoms with E-state index >= 15 is 0 Å². The highest BCUT2D eigenvalue weighted by Gasteiger charge is 2.39. The maximum absolute atomic E-state index is 13.0. The number of carbonyl (C=O) groups excluding carboxylic acids is 3. The van der Waals surface area contributed by atoms with Crippen LogP contribution in [-0.4, -0.2) is 17.7 Å². The van der Waals surface area contributed by atoms with Crippen LogP contribution < -0.4 is 15.5 Å². The molecule has 0 saturated heterocycles. The Labute approximate surface area is 215 Å². The second kappa shape index (κ2) is 9.68. The van der Waals surface area contributed by atoms with E-state index in [0.29, 0.717) is 32.1 Å². The Hall–Kier alpha value is -3.03. The van der Waals surface area contributed by atoms with Gasteiger partial charge in [-0.3, -0.25) is 14.4 Å². The Morgan fingerprint density at radius 2 is 1.53 bits per heavy atom. The van der Waals surface area contributed by atoms with E-state index in [1.54, 1.807) is 48.5 Å². The molecule has 0 radical (unpaired) electrons. The number of halogens is 4. The molecule has 1 aliphatic heterocycles. The molecule has 4 rings (SSSR count). The first-order valence-electron chi connectivity index (χ1n) is 9.83.